The molecule has 0 atom stereocenters. The van der Waals surface area contributed by atoms with Crippen molar-refractivity contribution in [1.29, 1.82) is 0 Å². The summed E-state index contributed by atoms with van der Waals surface area (Å²) < 4.78 is 11.7. The summed E-state index contributed by atoms with van der Waals surface area (Å²) in [5.74, 6) is -1.79. The van der Waals surface area contributed by atoms with Gasteiger partial charge in [0.1, 0.15) is 16.9 Å². The quantitative estimate of drug-likeness (QED) is 0.383. The van der Waals surface area contributed by atoms with Crippen molar-refractivity contribution in [3.05, 3.63) is 77.4 Å². The first-order valence-electron chi connectivity index (χ1n) is 10.2. The van der Waals surface area contributed by atoms with Gasteiger partial charge in [0.15, 0.2) is 6.61 Å². The number of nitrogens with zero attached hydrogens (tertiary/aromatic N) is 4. The molecule has 2 aromatic carbocycles. The molecule has 0 unspecified atom stereocenters. The third-order valence-electron chi connectivity index (χ3n) is 4.66. The minimum atomic E-state index is -0.666. The molecule has 0 fully saturated rings. The Morgan fingerprint density at radius 1 is 1.00 bits per heavy atom. The largest absolute Gasteiger partial charge is 0.462 e. The first-order chi connectivity index (χ1) is 16.6. The lowest BCUT2D eigenvalue weighted by Gasteiger charge is -2.09. The van der Waals surface area contributed by atoms with Gasteiger partial charge in [-0.15, -0.1) is 16.4 Å². The van der Waals surface area contributed by atoms with Crippen LogP contribution < -0.4 is 5.32 Å². The Morgan fingerprint density at radius 2 is 1.76 bits per heavy atom. The molecule has 1 amide bonds. The summed E-state index contributed by atoms with van der Waals surface area (Å²) in [7, 11) is 0. The molecule has 0 aliphatic carbocycles. The maximum Gasteiger partial charge on any atom is 0.341 e. The number of anilines is 1. The van der Waals surface area contributed by atoms with Gasteiger partial charge in [-0.25, -0.2) is 14.3 Å². The van der Waals surface area contributed by atoms with Crippen LogP contribution >= 0.6 is 11.3 Å². The van der Waals surface area contributed by atoms with E-state index in [-0.39, 0.29) is 17.7 Å². The maximum absolute atomic E-state index is 12.6. The van der Waals surface area contributed by atoms with Crippen molar-refractivity contribution < 1.29 is 23.9 Å². The molecule has 0 saturated carbocycles. The molecular weight excluding hydrogens is 458 g/mol. The van der Waals surface area contributed by atoms with E-state index in [9.17, 15) is 14.4 Å². The van der Waals surface area contributed by atoms with Gasteiger partial charge in [-0.2, -0.15) is 0 Å². The predicted molar refractivity (Wildman–Crippen MR) is 124 cm³/mol. The van der Waals surface area contributed by atoms with Crippen LogP contribution in [0.1, 0.15) is 27.6 Å². The fourth-order valence-corrected chi connectivity index (χ4v) is 4.07. The molecule has 0 aliphatic rings. The standard InChI is InChI=1S/C23H19N5O5S/c1-2-32-23(31)20-18(15-6-4-3-5-7-15)13-34-21(20)25-19(29)12-33-22(30)16-8-10-17(11-9-16)28-14-24-26-27-28/h3-11,13-14H,2,12H2,1H3,(H,25,29). The van der Waals surface area contributed by atoms with Crippen molar-refractivity contribution in [1.82, 2.24) is 20.2 Å². The van der Waals surface area contributed by atoms with Gasteiger partial charge in [0, 0.05) is 10.9 Å². The number of carbonyl (C=O) groups excluding carboxylic acids is 3. The molecule has 0 spiro atoms. The second kappa shape index (κ2) is 10.5. The summed E-state index contributed by atoms with van der Waals surface area (Å²) in [5, 5.41) is 15.6. The highest BCUT2D eigenvalue weighted by molar-refractivity contribution is 7.15. The predicted octanol–water partition coefficient (Wildman–Crippen LogP) is 3.36. The average molecular weight is 478 g/mol. The van der Waals surface area contributed by atoms with E-state index in [1.54, 1.807) is 36.6 Å². The Labute approximate surface area is 198 Å². The van der Waals surface area contributed by atoms with Crippen molar-refractivity contribution in [3.8, 4) is 16.8 Å². The molecule has 0 aliphatic heterocycles. The SMILES string of the molecule is CCOC(=O)c1c(-c2ccccc2)csc1NC(=O)COC(=O)c1ccc(-n2cnnn2)cc1. The number of hydrogen-bond donors (Lipinski definition) is 1. The normalized spacial score (nSPS) is 10.5. The van der Waals surface area contributed by atoms with Crippen LogP contribution in [0.25, 0.3) is 16.8 Å². The molecule has 10 nitrogen and oxygen atoms in total. The van der Waals surface area contributed by atoms with Crippen LogP contribution in [0.5, 0.6) is 0 Å². The molecule has 4 rings (SSSR count). The number of tetrazole rings is 1. The monoisotopic (exact) mass is 477 g/mol. The smallest absolute Gasteiger partial charge is 0.341 e. The molecular formula is C23H19N5O5S. The van der Waals surface area contributed by atoms with E-state index in [1.165, 1.54) is 22.3 Å². The van der Waals surface area contributed by atoms with E-state index in [1.807, 2.05) is 30.3 Å². The maximum atomic E-state index is 12.6. The Hall–Kier alpha value is -4.38. The van der Waals surface area contributed by atoms with Gasteiger partial charge in [-0.1, -0.05) is 30.3 Å². The molecule has 2 aromatic heterocycles. The van der Waals surface area contributed by atoms with E-state index in [0.29, 0.717) is 16.3 Å². The minimum absolute atomic E-state index is 0.195. The van der Waals surface area contributed by atoms with Gasteiger partial charge in [-0.3, -0.25) is 4.79 Å². The minimum Gasteiger partial charge on any atom is -0.462 e. The van der Waals surface area contributed by atoms with E-state index in [2.05, 4.69) is 20.8 Å². The van der Waals surface area contributed by atoms with Gasteiger partial charge >= 0.3 is 11.9 Å². The van der Waals surface area contributed by atoms with Gasteiger partial charge in [0.25, 0.3) is 5.91 Å². The van der Waals surface area contributed by atoms with E-state index < -0.39 is 24.5 Å². The molecule has 1 N–H and O–H groups in total. The number of nitrogens with one attached hydrogen (secondary N) is 1. The third-order valence-corrected chi connectivity index (χ3v) is 5.55. The molecule has 11 heteroatoms. The number of esters is 2. The van der Waals surface area contributed by atoms with Crippen LogP contribution in [0.15, 0.2) is 66.3 Å². The Bertz CT molecular complexity index is 1290. The lowest BCUT2D eigenvalue weighted by molar-refractivity contribution is -0.119. The van der Waals surface area contributed by atoms with E-state index in [0.717, 1.165) is 5.56 Å². The summed E-state index contributed by atoms with van der Waals surface area (Å²) in [6.45, 7) is 1.38. The molecule has 0 saturated heterocycles. The summed E-state index contributed by atoms with van der Waals surface area (Å²) >= 11 is 1.19. The van der Waals surface area contributed by atoms with Crippen LogP contribution in [0, 0.1) is 0 Å². The lowest BCUT2D eigenvalue weighted by Crippen LogP contribution is -2.21. The molecule has 172 valence electrons. The number of benzene rings is 2. The first kappa shape index (κ1) is 22.8. The first-order valence-corrected chi connectivity index (χ1v) is 11.1. The van der Waals surface area contributed by atoms with Crippen LogP contribution in [0.4, 0.5) is 5.00 Å². The van der Waals surface area contributed by atoms with Crippen molar-refractivity contribution in [2.24, 2.45) is 0 Å². The Balaban J connectivity index is 1.42. The zero-order valence-electron chi connectivity index (χ0n) is 18.0. The fraction of sp³-hybridized carbons (Fsp3) is 0.130. The Kier molecular flexibility index (Phi) is 7.04. The molecule has 34 heavy (non-hydrogen) atoms. The summed E-state index contributed by atoms with van der Waals surface area (Å²) in [6, 6.07) is 15.7. The summed E-state index contributed by atoms with van der Waals surface area (Å²) in [5.41, 5.74) is 2.66. The summed E-state index contributed by atoms with van der Waals surface area (Å²) in [6.07, 6.45) is 1.43. The molecule has 4 aromatic rings. The number of rotatable bonds is 8. The van der Waals surface area contributed by atoms with Crippen molar-refractivity contribution in [3.63, 3.8) is 0 Å². The number of amides is 1. The number of ether oxygens (including phenoxy) is 2. The Morgan fingerprint density at radius 3 is 2.44 bits per heavy atom. The number of hydrogen-bond acceptors (Lipinski definition) is 9. The van der Waals surface area contributed by atoms with Crippen molar-refractivity contribution in [2.45, 2.75) is 6.92 Å². The van der Waals surface area contributed by atoms with Gasteiger partial charge in [0.2, 0.25) is 0 Å². The third kappa shape index (κ3) is 5.15. The molecule has 0 radical (unpaired) electrons. The highest BCUT2D eigenvalue weighted by atomic mass is 32.1. The fourth-order valence-electron chi connectivity index (χ4n) is 3.09. The lowest BCUT2D eigenvalue weighted by atomic mass is 10.0. The second-order valence-electron chi connectivity index (χ2n) is 6.87. The van der Waals surface area contributed by atoms with Gasteiger partial charge in [-0.05, 0) is 47.2 Å². The van der Waals surface area contributed by atoms with E-state index in [4.69, 9.17) is 9.47 Å². The molecule has 0 bridgehead atoms. The topological polar surface area (TPSA) is 125 Å². The highest BCUT2D eigenvalue weighted by Gasteiger charge is 2.23. The van der Waals surface area contributed by atoms with Crippen LogP contribution in [-0.4, -0.2) is 51.3 Å². The zero-order chi connectivity index (χ0) is 23.9. The summed E-state index contributed by atoms with van der Waals surface area (Å²) in [4.78, 5) is 37.4. The average Bonchev–Trinajstić information content (AvgIpc) is 3.54. The van der Waals surface area contributed by atoms with Crippen LogP contribution in [-0.2, 0) is 14.3 Å². The number of carbonyl (C=O) groups is 3. The number of thiophene rings is 1. The van der Waals surface area contributed by atoms with Gasteiger partial charge in [0.05, 0.1) is 17.9 Å². The van der Waals surface area contributed by atoms with Crippen LogP contribution in [0.3, 0.4) is 0 Å². The zero-order valence-corrected chi connectivity index (χ0v) is 18.8. The number of aromatic nitrogens is 4. The van der Waals surface area contributed by atoms with Gasteiger partial charge < -0.3 is 14.8 Å². The van der Waals surface area contributed by atoms with E-state index >= 15 is 0 Å². The van der Waals surface area contributed by atoms with Crippen molar-refractivity contribution >= 4 is 34.2 Å². The molecule has 2 heterocycles. The highest BCUT2D eigenvalue weighted by Crippen LogP contribution is 2.36. The second-order valence-corrected chi connectivity index (χ2v) is 7.75. The van der Waals surface area contributed by atoms with Crippen LogP contribution in [0.2, 0.25) is 0 Å². The van der Waals surface area contributed by atoms with Crippen molar-refractivity contribution in [2.75, 3.05) is 18.5 Å².